The minimum absolute atomic E-state index is 0.0977. The van der Waals surface area contributed by atoms with Crippen LogP contribution < -0.4 is 5.32 Å². The van der Waals surface area contributed by atoms with Gasteiger partial charge in [-0.2, -0.15) is 10.5 Å². The highest BCUT2D eigenvalue weighted by atomic mass is 15.0. The van der Waals surface area contributed by atoms with Gasteiger partial charge in [0.05, 0.1) is 6.07 Å². The van der Waals surface area contributed by atoms with E-state index in [0.717, 1.165) is 0 Å². The Morgan fingerprint density at radius 1 is 1.67 bits per heavy atom. The third-order valence-corrected chi connectivity index (χ3v) is 0.624. The fourth-order valence-electron chi connectivity index (χ4n) is 0.274. The standard InChI is InChI=1S/C5H6N4/c1-5(9-4-7)8-3-2-6/h3H2,1H3,(H,8,9). The lowest BCUT2D eigenvalue weighted by Gasteiger charge is -1.89. The van der Waals surface area contributed by atoms with Crippen molar-refractivity contribution in [2.45, 2.75) is 6.92 Å². The van der Waals surface area contributed by atoms with Crippen LogP contribution in [0.25, 0.3) is 0 Å². The highest BCUT2D eigenvalue weighted by Gasteiger charge is 1.82. The van der Waals surface area contributed by atoms with E-state index < -0.39 is 0 Å². The molecule has 0 aromatic heterocycles. The fraction of sp³-hybridized carbons (Fsp3) is 0.400. The van der Waals surface area contributed by atoms with Gasteiger partial charge in [0.25, 0.3) is 0 Å². The molecule has 0 unspecified atom stereocenters. The quantitative estimate of drug-likeness (QED) is 0.175. The molecule has 0 rings (SSSR count). The number of nitrogens with zero attached hydrogens (tertiary/aromatic N) is 3. The maximum atomic E-state index is 8.02. The summed E-state index contributed by atoms with van der Waals surface area (Å²) in [5.41, 5.74) is 0. The summed E-state index contributed by atoms with van der Waals surface area (Å²) in [5.74, 6) is 0.471. The Bertz CT molecular complexity index is 180. The molecule has 0 fully saturated rings. The number of aliphatic imine (C=N–C) groups is 1. The first-order chi connectivity index (χ1) is 4.31. The number of amidine groups is 1. The molecule has 0 aromatic rings. The van der Waals surface area contributed by atoms with Gasteiger partial charge in [0, 0.05) is 0 Å². The molecule has 0 heterocycles. The highest BCUT2D eigenvalue weighted by Crippen LogP contribution is 1.69. The van der Waals surface area contributed by atoms with Crippen molar-refractivity contribution in [3.63, 3.8) is 0 Å². The number of nitriles is 2. The maximum Gasteiger partial charge on any atom is 0.182 e. The molecule has 0 aliphatic heterocycles. The summed E-state index contributed by atoms with van der Waals surface area (Å²) in [6.07, 6.45) is 1.69. The van der Waals surface area contributed by atoms with Gasteiger partial charge in [-0.3, -0.25) is 10.3 Å². The van der Waals surface area contributed by atoms with E-state index in [2.05, 4.69) is 10.3 Å². The average Bonchev–Trinajstić information content (AvgIpc) is 1.85. The lowest BCUT2D eigenvalue weighted by Crippen LogP contribution is -2.13. The van der Waals surface area contributed by atoms with Crippen molar-refractivity contribution in [3.8, 4) is 12.3 Å². The van der Waals surface area contributed by atoms with E-state index in [1.165, 1.54) is 0 Å². The van der Waals surface area contributed by atoms with Gasteiger partial charge in [-0.25, -0.2) is 0 Å². The van der Waals surface area contributed by atoms with Gasteiger partial charge in [-0.15, -0.1) is 0 Å². The molecule has 0 amide bonds. The summed E-state index contributed by atoms with van der Waals surface area (Å²) in [7, 11) is 0. The Hall–Kier alpha value is -1.55. The second-order valence-electron chi connectivity index (χ2n) is 1.30. The second kappa shape index (κ2) is 4.61. The predicted octanol–water partition coefficient (Wildman–Crippen LogP) is -0.000940. The van der Waals surface area contributed by atoms with E-state index in [1.807, 2.05) is 6.07 Å². The number of hydrogen-bond acceptors (Lipinski definition) is 3. The van der Waals surface area contributed by atoms with Crippen LogP contribution in [0.2, 0.25) is 0 Å². The zero-order chi connectivity index (χ0) is 7.11. The molecule has 0 aliphatic rings. The molecule has 0 atom stereocenters. The van der Waals surface area contributed by atoms with Crippen molar-refractivity contribution in [1.82, 2.24) is 5.32 Å². The summed E-state index contributed by atoms with van der Waals surface area (Å²) >= 11 is 0. The zero-order valence-corrected chi connectivity index (χ0v) is 5.05. The summed E-state index contributed by atoms with van der Waals surface area (Å²) < 4.78 is 0. The van der Waals surface area contributed by atoms with Crippen molar-refractivity contribution in [2.75, 3.05) is 6.54 Å². The molecule has 0 saturated heterocycles. The Labute approximate surface area is 53.4 Å². The van der Waals surface area contributed by atoms with E-state index in [0.29, 0.717) is 5.84 Å². The first kappa shape index (κ1) is 7.45. The van der Waals surface area contributed by atoms with Gasteiger partial charge >= 0.3 is 0 Å². The van der Waals surface area contributed by atoms with Crippen LogP contribution in [0.3, 0.4) is 0 Å². The summed E-state index contributed by atoms with van der Waals surface area (Å²) in [6, 6.07) is 1.82. The van der Waals surface area contributed by atoms with Gasteiger partial charge in [0.15, 0.2) is 6.19 Å². The van der Waals surface area contributed by atoms with Crippen LogP contribution in [0.5, 0.6) is 0 Å². The second-order valence-corrected chi connectivity index (χ2v) is 1.30. The van der Waals surface area contributed by atoms with Gasteiger partial charge in [-0.05, 0) is 6.92 Å². The third kappa shape index (κ3) is 4.30. The van der Waals surface area contributed by atoms with E-state index in [-0.39, 0.29) is 6.54 Å². The van der Waals surface area contributed by atoms with Crippen molar-refractivity contribution in [2.24, 2.45) is 4.99 Å². The predicted molar refractivity (Wildman–Crippen MR) is 32.3 cm³/mol. The Morgan fingerprint density at radius 2 is 2.33 bits per heavy atom. The van der Waals surface area contributed by atoms with Crippen molar-refractivity contribution >= 4 is 5.84 Å². The molecule has 9 heavy (non-hydrogen) atoms. The molecule has 0 bridgehead atoms. The summed E-state index contributed by atoms with van der Waals surface area (Å²) in [6.45, 7) is 1.72. The Kier molecular flexibility index (Phi) is 3.81. The van der Waals surface area contributed by atoms with E-state index in [9.17, 15) is 0 Å². The number of nitrogens with one attached hydrogen (secondary N) is 1. The SMILES string of the molecule is CC(=NCC#N)NC#N. The first-order valence-electron chi connectivity index (χ1n) is 2.34. The van der Waals surface area contributed by atoms with Crippen LogP contribution in [0.1, 0.15) is 6.92 Å². The summed E-state index contributed by atoms with van der Waals surface area (Å²) in [5, 5.41) is 18.3. The number of rotatable bonds is 1. The molecule has 0 saturated carbocycles. The molecule has 0 aliphatic carbocycles. The normalized spacial score (nSPS) is 9.44. The Balaban J connectivity index is 3.62. The van der Waals surface area contributed by atoms with Gasteiger partial charge in [0.2, 0.25) is 0 Å². The molecule has 4 nitrogen and oxygen atoms in total. The molecule has 1 N–H and O–H groups in total. The highest BCUT2D eigenvalue weighted by molar-refractivity contribution is 5.80. The maximum absolute atomic E-state index is 8.02. The van der Waals surface area contributed by atoms with Crippen LogP contribution in [0.4, 0.5) is 0 Å². The first-order valence-corrected chi connectivity index (χ1v) is 2.34. The molecular formula is C5H6N4. The van der Waals surface area contributed by atoms with Crippen LogP contribution in [0.15, 0.2) is 4.99 Å². The lowest BCUT2D eigenvalue weighted by molar-refractivity contribution is 1.16. The minimum Gasteiger partial charge on any atom is -0.281 e. The van der Waals surface area contributed by atoms with Crippen LogP contribution in [0, 0.1) is 22.8 Å². The lowest BCUT2D eigenvalue weighted by atomic mass is 10.6. The monoisotopic (exact) mass is 122 g/mol. The van der Waals surface area contributed by atoms with E-state index >= 15 is 0 Å². The van der Waals surface area contributed by atoms with Gasteiger partial charge < -0.3 is 0 Å². The molecule has 46 valence electrons. The third-order valence-electron chi connectivity index (χ3n) is 0.624. The van der Waals surface area contributed by atoms with E-state index in [1.54, 1.807) is 13.1 Å². The van der Waals surface area contributed by atoms with Crippen molar-refractivity contribution in [1.29, 1.82) is 10.5 Å². The van der Waals surface area contributed by atoms with Crippen LogP contribution in [-0.4, -0.2) is 12.4 Å². The minimum atomic E-state index is 0.0977. The molecule has 4 heteroatoms. The fourth-order valence-corrected chi connectivity index (χ4v) is 0.274. The van der Waals surface area contributed by atoms with Crippen molar-refractivity contribution < 1.29 is 0 Å². The smallest absolute Gasteiger partial charge is 0.182 e. The van der Waals surface area contributed by atoms with Gasteiger partial charge in [0.1, 0.15) is 12.4 Å². The van der Waals surface area contributed by atoms with Crippen LogP contribution in [-0.2, 0) is 0 Å². The molecule has 0 radical (unpaired) electrons. The average molecular weight is 122 g/mol. The van der Waals surface area contributed by atoms with E-state index in [4.69, 9.17) is 10.5 Å². The summed E-state index contributed by atoms with van der Waals surface area (Å²) in [4.78, 5) is 3.65. The molecule has 0 aromatic carbocycles. The topological polar surface area (TPSA) is 72.0 Å². The molecular weight excluding hydrogens is 116 g/mol. The molecule has 0 spiro atoms. The van der Waals surface area contributed by atoms with Gasteiger partial charge in [-0.1, -0.05) is 0 Å². The Morgan fingerprint density at radius 3 is 2.78 bits per heavy atom. The number of hydrogen-bond donors (Lipinski definition) is 1. The van der Waals surface area contributed by atoms with Crippen molar-refractivity contribution in [3.05, 3.63) is 0 Å². The zero-order valence-electron chi connectivity index (χ0n) is 5.05. The largest absolute Gasteiger partial charge is 0.281 e. The van der Waals surface area contributed by atoms with Crippen LogP contribution >= 0.6 is 0 Å².